The molecule has 3 aromatic rings. The fraction of sp³-hybridized carbons (Fsp3) is 0.150. The van der Waals surface area contributed by atoms with Gasteiger partial charge in [0.1, 0.15) is 4.88 Å². The number of hydrogen-bond acceptors (Lipinski definition) is 5. The Bertz CT molecular complexity index is 1130. The molecule has 0 aliphatic carbocycles. The molecule has 1 aromatic heterocycles. The number of esters is 1. The van der Waals surface area contributed by atoms with Crippen molar-refractivity contribution in [3.63, 3.8) is 0 Å². The first-order chi connectivity index (χ1) is 14.3. The van der Waals surface area contributed by atoms with E-state index < -0.39 is 12.0 Å². The van der Waals surface area contributed by atoms with Gasteiger partial charge in [-0.15, -0.1) is 11.3 Å². The largest absolute Gasteiger partial charge is 0.481 e. The third-order valence-electron chi connectivity index (χ3n) is 4.18. The van der Waals surface area contributed by atoms with E-state index in [1.54, 1.807) is 24.3 Å². The number of carbonyl (C=O) groups excluding carboxylic acids is 1. The Balaban J connectivity index is 1.77. The molecule has 2 aromatic carbocycles. The van der Waals surface area contributed by atoms with Crippen LogP contribution in [0.5, 0.6) is 0 Å². The summed E-state index contributed by atoms with van der Waals surface area (Å²) >= 11 is 18.9. The van der Waals surface area contributed by atoms with Gasteiger partial charge < -0.3 is 20.5 Å². The van der Waals surface area contributed by atoms with Crippen molar-refractivity contribution >= 4 is 79.6 Å². The summed E-state index contributed by atoms with van der Waals surface area (Å²) in [6.45, 7) is 0. The molecule has 1 heterocycles. The number of nitrogens with one attached hydrogen (secondary N) is 2. The average Bonchev–Trinajstić information content (AvgIpc) is 3.10. The molecule has 156 valence electrons. The number of thiophene rings is 1. The Labute approximate surface area is 191 Å². The first-order valence-electron chi connectivity index (χ1n) is 8.63. The highest BCUT2D eigenvalue weighted by atomic mass is 35.5. The number of thiocarbonyl (C=S) groups is 1. The van der Waals surface area contributed by atoms with Gasteiger partial charge in [0.15, 0.2) is 5.11 Å². The number of carbonyl (C=O) groups is 2. The van der Waals surface area contributed by atoms with Crippen LogP contribution in [-0.2, 0) is 9.53 Å². The summed E-state index contributed by atoms with van der Waals surface area (Å²) in [5, 5.41) is 17.2. The van der Waals surface area contributed by atoms with Gasteiger partial charge in [-0.25, -0.2) is 4.79 Å². The monoisotopic (exact) mass is 482 g/mol. The molecule has 0 radical (unpaired) electrons. The molecule has 0 aliphatic heterocycles. The van der Waals surface area contributed by atoms with Crippen LogP contribution in [0.3, 0.4) is 0 Å². The second-order valence-electron chi connectivity index (χ2n) is 6.27. The van der Waals surface area contributed by atoms with E-state index in [1.807, 2.05) is 18.2 Å². The van der Waals surface area contributed by atoms with Crippen molar-refractivity contribution < 1.29 is 19.4 Å². The number of carboxylic acids is 1. The molecule has 0 amide bonds. The molecule has 3 N–H and O–H groups in total. The molecule has 0 fully saturated rings. The van der Waals surface area contributed by atoms with Crippen LogP contribution < -0.4 is 10.6 Å². The maximum Gasteiger partial charge on any atom is 0.348 e. The number of rotatable bonds is 6. The van der Waals surface area contributed by atoms with E-state index in [-0.39, 0.29) is 17.5 Å². The van der Waals surface area contributed by atoms with Crippen molar-refractivity contribution in [2.75, 3.05) is 12.4 Å². The van der Waals surface area contributed by atoms with Crippen LogP contribution in [0.1, 0.15) is 27.7 Å². The van der Waals surface area contributed by atoms with Gasteiger partial charge in [-0.05, 0) is 59.6 Å². The number of aliphatic carboxylic acids is 1. The minimum Gasteiger partial charge on any atom is -0.481 e. The Morgan fingerprint density at radius 1 is 1.20 bits per heavy atom. The van der Waals surface area contributed by atoms with Crippen LogP contribution in [0, 0.1) is 0 Å². The van der Waals surface area contributed by atoms with Crippen LogP contribution in [0.4, 0.5) is 5.69 Å². The van der Waals surface area contributed by atoms with Gasteiger partial charge in [0.2, 0.25) is 0 Å². The topological polar surface area (TPSA) is 87.7 Å². The molecule has 3 rings (SSSR count). The zero-order valence-electron chi connectivity index (χ0n) is 15.6. The smallest absolute Gasteiger partial charge is 0.348 e. The van der Waals surface area contributed by atoms with Crippen molar-refractivity contribution in [2.45, 2.75) is 12.5 Å². The Morgan fingerprint density at radius 3 is 2.63 bits per heavy atom. The van der Waals surface area contributed by atoms with E-state index in [4.69, 9.17) is 40.2 Å². The molecule has 1 atom stereocenters. The minimum absolute atomic E-state index is 0.227. The highest BCUT2D eigenvalue weighted by Crippen LogP contribution is 2.30. The molecular weight excluding hydrogens is 467 g/mol. The van der Waals surface area contributed by atoms with E-state index >= 15 is 0 Å². The third kappa shape index (κ3) is 5.40. The summed E-state index contributed by atoms with van der Waals surface area (Å²) in [5.74, 6) is -1.39. The van der Waals surface area contributed by atoms with Gasteiger partial charge in [-0.1, -0.05) is 29.3 Å². The van der Waals surface area contributed by atoms with E-state index in [0.717, 1.165) is 10.1 Å². The third-order valence-corrected chi connectivity index (χ3v) is 6.06. The van der Waals surface area contributed by atoms with Gasteiger partial charge in [-0.3, -0.25) is 4.79 Å². The lowest BCUT2D eigenvalue weighted by molar-refractivity contribution is -0.137. The van der Waals surface area contributed by atoms with E-state index in [0.29, 0.717) is 26.2 Å². The zero-order chi connectivity index (χ0) is 21.8. The lowest BCUT2D eigenvalue weighted by atomic mass is 10.0. The molecule has 0 unspecified atom stereocenters. The minimum atomic E-state index is -1.00. The molecule has 0 saturated carbocycles. The van der Waals surface area contributed by atoms with Gasteiger partial charge in [-0.2, -0.15) is 0 Å². The fourth-order valence-electron chi connectivity index (χ4n) is 2.85. The van der Waals surface area contributed by atoms with Crippen molar-refractivity contribution in [2.24, 2.45) is 0 Å². The van der Waals surface area contributed by atoms with Gasteiger partial charge >= 0.3 is 11.9 Å². The van der Waals surface area contributed by atoms with Crippen LogP contribution in [0.25, 0.3) is 10.1 Å². The molecule has 10 heteroatoms. The summed E-state index contributed by atoms with van der Waals surface area (Å²) in [4.78, 5) is 23.5. The van der Waals surface area contributed by atoms with Crippen molar-refractivity contribution in [3.8, 4) is 0 Å². The maximum atomic E-state index is 11.7. The number of hydrogen-bond donors (Lipinski definition) is 3. The van der Waals surface area contributed by atoms with E-state index in [2.05, 4.69) is 10.6 Å². The Morgan fingerprint density at radius 2 is 1.97 bits per heavy atom. The van der Waals surface area contributed by atoms with Crippen molar-refractivity contribution in [1.82, 2.24) is 5.32 Å². The predicted octanol–water partition coefficient (Wildman–Crippen LogP) is 5.50. The van der Waals surface area contributed by atoms with Crippen LogP contribution in [0.15, 0.2) is 42.5 Å². The summed E-state index contributed by atoms with van der Waals surface area (Å²) in [6, 6.07) is 11.5. The van der Waals surface area contributed by atoms with Crippen LogP contribution >= 0.6 is 46.8 Å². The first-order valence-corrected chi connectivity index (χ1v) is 10.6. The number of carboxylic acid groups (broad SMARTS) is 1. The van der Waals surface area contributed by atoms with Crippen LogP contribution in [-0.4, -0.2) is 29.3 Å². The molecule has 0 saturated heterocycles. The summed E-state index contributed by atoms with van der Waals surface area (Å²) in [6.07, 6.45) is -0.227. The lowest BCUT2D eigenvalue weighted by Gasteiger charge is -2.21. The highest BCUT2D eigenvalue weighted by molar-refractivity contribution is 7.80. The maximum absolute atomic E-state index is 11.7. The number of fused-ring (bicyclic) bond motifs is 1. The first kappa shape index (κ1) is 22.3. The summed E-state index contributed by atoms with van der Waals surface area (Å²) in [7, 11) is 1.34. The fourth-order valence-corrected chi connectivity index (χ4v) is 4.61. The molecule has 0 spiro atoms. The van der Waals surface area contributed by atoms with Gasteiger partial charge in [0, 0.05) is 20.4 Å². The molecule has 6 nitrogen and oxygen atoms in total. The predicted molar refractivity (Wildman–Crippen MR) is 124 cm³/mol. The molecule has 0 bridgehead atoms. The van der Waals surface area contributed by atoms with Crippen LogP contribution in [0.2, 0.25) is 10.0 Å². The van der Waals surface area contributed by atoms with Gasteiger partial charge in [0.25, 0.3) is 0 Å². The van der Waals surface area contributed by atoms with Gasteiger partial charge in [0.05, 0.1) is 19.6 Å². The van der Waals surface area contributed by atoms with Crippen molar-refractivity contribution in [3.05, 3.63) is 63.0 Å². The Hall–Kier alpha value is -2.39. The lowest BCUT2D eigenvalue weighted by Crippen LogP contribution is -2.33. The summed E-state index contributed by atoms with van der Waals surface area (Å²) < 4.78 is 5.68. The molecule has 0 aliphatic rings. The normalized spacial score (nSPS) is 11.7. The molecule has 30 heavy (non-hydrogen) atoms. The van der Waals surface area contributed by atoms with Crippen molar-refractivity contribution in [1.29, 1.82) is 0 Å². The number of halogens is 2. The number of ether oxygens (including phenoxy) is 1. The second kappa shape index (κ2) is 9.61. The van der Waals surface area contributed by atoms with E-state index in [1.165, 1.54) is 18.4 Å². The quantitative estimate of drug-likeness (QED) is 0.315. The number of anilines is 1. The second-order valence-corrected chi connectivity index (χ2v) is 8.61. The SMILES string of the molecule is COC(=O)c1cc2cc(NC(=S)N[C@@H](CC(=O)O)c3ccc(Cl)cc3Cl)ccc2s1. The van der Waals surface area contributed by atoms with E-state index in [9.17, 15) is 14.7 Å². The molecular formula is C20H16Cl2N2O4S2. The summed E-state index contributed by atoms with van der Waals surface area (Å²) in [5.41, 5.74) is 1.26. The highest BCUT2D eigenvalue weighted by Gasteiger charge is 2.20. The average molecular weight is 483 g/mol. The Kier molecular flexibility index (Phi) is 7.14. The zero-order valence-corrected chi connectivity index (χ0v) is 18.7. The number of benzene rings is 2. The standard InChI is InChI=1S/C20H16Cl2N2O4S2/c1-28-19(27)17-7-10-6-12(3-5-16(10)30-17)23-20(29)24-15(9-18(25)26)13-4-2-11(21)8-14(13)22/h2-8,15H,9H2,1H3,(H,25,26)(H2,23,24,29)/t15-/m0/s1. The number of methoxy groups -OCH3 is 1.